The lowest BCUT2D eigenvalue weighted by Crippen LogP contribution is -2.34. The number of nitro groups is 1. The Morgan fingerprint density at radius 3 is 2.25 bits per heavy atom. The number of hydrogen-bond acceptors (Lipinski definition) is 5. The monoisotopic (exact) mass is 448 g/mol. The number of carbonyl (C=O) groups is 2. The number of amides is 2. The van der Waals surface area contributed by atoms with Gasteiger partial charge in [-0.05, 0) is 55.0 Å². The summed E-state index contributed by atoms with van der Waals surface area (Å²) in [5.74, 6) is -0.756. The summed E-state index contributed by atoms with van der Waals surface area (Å²) in [6.45, 7) is 1.90. The van der Waals surface area contributed by atoms with Gasteiger partial charge in [0.2, 0.25) is 0 Å². The molecular weight excluding hydrogens is 428 g/mol. The minimum absolute atomic E-state index is 0.0311. The largest absolute Gasteiger partial charge is 0.346 e. The molecule has 0 fully saturated rings. The maximum Gasteiger partial charge on any atom is 0.269 e. The van der Waals surface area contributed by atoms with E-state index in [-0.39, 0.29) is 28.3 Å². The van der Waals surface area contributed by atoms with E-state index >= 15 is 0 Å². The van der Waals surface area contributed by atoms with Crippen LogP contribution in [0, 0.1) is 10.1 Å². The van der Waals surface area contributed by atoms with Crippen molar-refractivity contribution in [1.29, 1.82) is 0 Å². The summed E-state index contributed by atoms with van der Waals surface area (Å²) in [6.07, 6.45) is 0. The van der Waals surface area contributed by atoms with E-state index in [1.165, 1.54) is 24.3 Å². The first-order valence-electron chi connectivity index (χ1n) is 9.66. The molecule has 32 heavy (non-hydrogen) atoms. The average molecular weight is 449 g/mol. The van der Waals surface area contributed by atoms with Gasteiger partial charge in [0.1, 0.15) is 0 Å². The maximum absolute atomic E-state index is 12.6. The van der Waals surface area contributed by atoms with Crippen molar-refractivity contribution in [3.63, 3.8) is 0 Å². The fourth-order valence-electron chi connectivity index (χ4n) is 2.92. The number of benzene rings is 3. The predicted molar refractivity (Wildman–Crippen MR) is 126 cm³/mol. The Balaban J connectivity index is 1.60. The molecule has 3 aromatic carbocycles. The first-order chi connectivity index (χ1) is 15.3. The lowest BCUT2D eigenvalue weighted by atomic mass is 10.1. The van der Waals surface area contributed by atoms with E-state index in [9.17, 15) is 19.7 Å². The zero-order valence-corrected chi connectivity index (χ0v) is 17.9. The van der Waals surface area contributed by atoms with Crippen LogP contribution in [-0.2, 0) is 0 Å². The SMILES string of the molecule is CC(NC(=O)c1cccc(NC(=S)NC(=O)c2ccc([N+](=O)[O-])cc2)c1)c1ccccc1. The van der Waals surface area contributed by atoms with Gasteiger partial charge in [0.25, 0.3) is 17.5 Å². The number of nitrogens with zero attached hydrogens (tertiary/aromatic N) is 1. The second-order valence-corrected chi connectivity index (χ2v) is 7.31. The highest BCUT2D eigenvalue weighted by Crippen LogP contribution is 2.15. The second kappa shape index (κ2) is 10.3. The van der Waals surface area contributed by atoms with Crippen molar-refractivity contribution in [1.82, 2.24) is 10.6 Å². The van der Waals surface area contributed by atoms with Gasteiger partial charge in [-0.3, -0.25) is 25.0 Å². The summed E-state index contributed by atoms with van der Waals surface area (Å²) in [4.78, 5) is 35.1. The quantitative estimate of drug-likeness (QED) is 0.296. The molecule has 0 radical (unpaired) electrons. The Morgan fingerprint density at radius 1 is 0.906 bits per heavy atom. The molecule has 162 valence electrons. The van der Waals surface area contributed by atoms with Crippen molar-refractivity contribution in [2.45, 2.75) is 13.0 Å². The first-order valence-corrected chi connectivity index (χ1v) is 10.1. The standard InChI is InChI=1S/C23H20N4O4S/c1-15(16-6-3-2-4-7-16)24-22(29)18-8-5-9-19(14-18)25-23(32)26-21(28)17-10-12-20(13-11-17)27(30)31/h2-15H,1H3,(H,24,29)(H2,25,26,28,32). The fraction of sp³-hybridized carbons (Fsp3) is 0.0870. The number of nitrogens with one attached hydrogen (secondary N) is 3. The zero-order valence-electron chi connectivity index (χ0n) is 17.1. The van der Waals surface area contributed by atoms with Crippen molar-refractivity contribution in [2.24, 2.45) is 0 Å². The van der Waals surface area contributed by atoms with Crippen LogP contribution in [0.4, 0.5) is 11.4 Å². The van der Waals surface area contributed by atoms with Gasteiger partial charge >= 0.3 is 0 Å². The second-order valence-electron chi connectivity index (χ2n) is 6.90. The molecule has 0 saturated carbocycles. The van der Waals surface area contributed by atoms with E-state index in [1.54, 1.807) is 24.3 Å². The lowest BCUT2D eigenvalue weighted by molar-refractivity contribution is -0.384. The molecule has 0 heterocycles. The minimum atomic E-state index is -0.544. The molecule has 9 heteroatoms. The molecule has 0 aliphatic carbocycles. The van der Waals surface area contributed by atoms with Crippen LogP contribution < -0.4 is 16.0 Å². The molecule has 0 saturated heterocycles. The van der Waals surface area contributed by atoms with Gasteiger partial charge < -0.3 is 10.6 Å². The summed E-state index contributed by atoms with van der Waals surface area (Å²) >= 11 is 5.17. The van der Waals surface area contributed by atoms with Crippen LogP contribution >= 0.6 is 12.2 Å². The van der Waals surface area contributed by atoms with Crippen molar-refractivity contribution >= 4 is 40.5 Å². The topological polar surface area (TPSA) is 113 Å². The lowest BCUT2D eigenvalue weighted by Gasteiger charge is -2.15. The Kier molecular flexibility index (Phi) is 7.25. The van der Waals surface area contributed by atoms with Gasteiger partial charge in [0.05, 0.1) is 11.0 Å². The van der Waals surface area contributed by atoms with Crippen LogP contribution in [0.5, 0.6) is 0 Å². The normalized spacial score (nSPS) is 11.2. The third kappa shape index (κ3) is 5.96. The van der Waals surface area contributed by atoms with Crippen LogP contribution in [-0.4, -0.2) is 21.9 Å². The number of non-ortho nitro benzene ring substituents is 1. The number of anilines is 1. The van der Waals surface area contributed by atoms with Crippen LogP contribution in [0.25, 0.3) is 0 Å². The molecular formula is C23H20N4O4S. The van der Waals surface area contributed by atoms with Crippen LogP contribution in [0.3, 0.4) is 0 Å². The Morgan fingerprint density at radius 2 is 1.59 bits per heavy atom. The van der Waals surface area contributed by atoms with Gasteiger partial charge in [0.15, 0.2) is 5.11 Å². The third-order valence-electron chi connectivity index (χ3n) is 4.60. The zero-order chi connectivity index (χ0) is 23.1. The highest BCUT2D eigenvalue weighted by Gasteiger charge is 2.13. The maximum atomic E-state index is 12.6. The number of carbonyl (C=O) groups excluding carboxylic acids is 2. The molecule has 0 aliphatic heterocycles. The number of rotatable bonds is 6. The van der Waals surface area contributed by atoms with Crippen molar-refractivity contribution < 1.29 is 14.5 Å². The number of hydrogen-bond donors (Lipinski definition) is 3. The number of nitro benzene ring substituents is 1. The molecule has 0 aromatic heterocycles. The molecule has 0 spiro atoms. The van der Waals surface area contributed by atoms with Gasteiger partial charge in [-0.1, -0.05) is 36.4 Å². The molecule has 3 N–H and O–H groups in total. The van der Waals surface area contributed by atoms with Gasteiger partial charge in [0, 0.05) is 28.9 Å². The molecule has 0 bridgehead atoms. The van der Waals surface area contributed by atoms with Gasteiger partial charge in [-0.2, -0.15) is 0 Å². The van der Waals surface area contributed by atoms with E-state index in [4.69, 9.17) is 12.2 Å². The average Bonchev–Trinajstić information content (AvgIpc) is 2.79. The van der Waals surface area contributed by atoms with Crippen molar-refractivity contribution in [3.8, 4) is 0 Å². The molecule has 0 aliphatic rings. The van der Waals surface area contributed by atoms with Crippen LogP contribution in [0.1, 0.15) is 39.2 Å². The smallest absolute Gasteiger partial charge is 0.269 e. The third-order valence-corrected chi connectivity index (χ3v) is 4.80. The summed E-state index contributed by atoms with van der Waals surface area (Å²) in [7, 11) is 0. The molecule has 1 unspecified atom stereocenters. The Bertz CT molecular complexity index is 1150. The Hall–Kier alpha value is -4.11. The molecule has 3 rings (SSSR count). The summed E-state index contributed by atoms with van der Waals surface area (Å²) < 4.78 is 0. The van der Waals surface area contributed by atoms with E-state index in [0.29, 0.717) is 11.3 Å². The van der Waals surface area contributed by atoms with Crippen molar-refractivity contribution in [3.05, 3.63) is 106 Å². The highest BCUT2D eigenvalue weighted by molar-refractivity contribution is 7.80. The Labute approximate surface area is 189 Å². The van der Waals surface area contributed by atoms with E-state index in [1.807, 2.05) is 37.3 Å². The van der Waals surface area contributed by atoms with E-state index in [0.717, 1.165) is 5.56 Å². The van der Waals surface area contributed by atoms with Crippen LogP contribution in [0.2, 0.25) is 0 Å². The van der Waals surface area contributed by atoms with Gasteiger partial charge in [-0.15, -0.1) is 0 Å². The fourth-order valence-corrected chi connectivity index (χ4v) is 3.13. The molecule has 3 aromatic rings. The summed E-state index contributed by atoms with van der Waals surface area (Å²) in [5, 5.41) is 19.1. The molecule has 2 amide bonds. The highest BCUT2D eigenvalue weighted by atomic mass is 32.1. The van der Waals surface area contributed by atoms with E-state index < -0.39 is 10.8 Å². The van der Waals surface area contributed by atoms with E-state index in [2.05, 4.69) is 16.0 Å². The first kappa shape index (κ1) is 22.6. The van der Waals surface area contributed by atoms with Crippen LogP contribution in [0.15, 0.2) is 78.9 Å². The molecule has 8 nitrogen and oxygen atoms in total. The van der Waals surface area contributed by atoms with Crippen molar-refractivity contribution in [2.75, 3.05) is 5.32 Å². The molecule has 1 atom stereocenters. The minimum Gasteiger partial charge on any atom is -0.346 e. The van der Waals surface area contributed by atoms with Gasteiger partial charge in [-0.25, -0.2) is 0 Å². The summed E-state index contributed by atoms with van der Waals surface area (Å²) in [6, 6.07) is 21.3. The predicted octanol–water partition coefficient (Wildman–Crippen LogP) is 4.21. The summed E-state index contributed by atoms with van der Waals surface area (Å²) in [5.41, 5.74) is 2.06. The number of thiocarbonyl (C=S) groups is 1.